The lowest BCUT2D eigenvalue weighted by atomic mass is 10.1. The molecule has 0 spiro atoms. The monoisotopic (exact) mass is 286 g/mol. The van der Waals surface area contributed by atoms with E-state index in [0.717, 1.165) is 5.56 Å². The second-order valence-electron chi connectivity index (χ2n) is 4.76. The van der Waals surface area contributed by atoms with E-state index in [4.69, 9.17) is 4.74 Å². The summed E-state index contributed by atoms with van der Waals surface area (Å²) in [6, 6.07) is 14.5. The number of nitro groups is 1. The summed E-state index contributed by atoms with van der Waals surface area (Å²) in [6.07, 6.45) is 0. The Bertz CT molecular complexity index is 628. The minimum atomic E-state index is -0.391. The number of nitrogens with zero attached hydrogens (tertiary/aromatic N) is 1. The Morgan fingerprint density at radius 3 is 2.71 bits per heavy atom. The molecule has 0 fully saturated rings. The van der Waals surface area contributed by atoms with Crippen molar-refractivity contribution in [3.63, 3.8) is 0 Å². The Hall–Kier alpha value is -2.40. The van der Waals surface area contributed by atoms with Crippen LogP contribution >= 0.6 is 0 Å². The molecule has 0 aliphatic rings. The van der Waals surface area contributed by atoms with Crippen molar-refractivity contribution in [2.45, 2.75) is 19.6 Å². The second kappa shape index (κ2) is 6.85. The largest absolute Gasteiger partial charge is 0.489 e. The zero-order valence-electron chi connectivity index (χ0n) is 12.1. The SMILES string of the molecule is CNC(C)c1cccc(OCc2ccccc2[N+](=O)[O-])c1. The van der Waals surface area contributed by atoms with Crippen molar-refractivity contribution in [3.8, 4) is 5.75 Å². The van der Waals surface area contributed by atoms with Crippen molar-refractivity contribution in [2.75, 3.05) is 7.05 Å². The number of hydrogen-bond donors (Lipinski definition) is 1. The van der Waals surface area contributed by atoms with Gasteiger partial charge in [0.25, 0.3) is 5.69 Å². The van der Waals surface area contributed by atoms with Gasteiger partial charge >= 0.3 is 0 Å². The van der Waals surface area contributed by atoms with Gasteiger partial charge < -0.3 is 10.1 Å². The van der Waals surface area contributed by atoms with E-state index >= 15 is 0 Å². The van der Waals surface area contributed by atoms with E-state index in [2.05, 4.69) is 12.2 Å². The molecule has 0 heterocycles. The van der Waals surface area contributed by atoms with Gasteiger partial charge in [0, 0.05) is 12.1 Å². The lowest BCUT2D eigenvalue weighted by Gasteiger charge is -2.13. The summed E-state index contributed by atoms with van der Waals surface area (Å²) >= 11 is 0. The fourth-order valence-corrected chi connectivity index (χ4v) is 2.01. The van der Waals surface area contributed by atoms with Crippen molar-refractivity contribution < 1.29 is 9.66 Å². The van der Waals surface area contributed by atoms with E-state index < -0.39 is 4.92 Å². The van der Waals surface area contributed by atoms with Crippen LogP contribution in [-0.2, 0) is 6.61 Å². The molecule has 2 aromatic rings. The minimum absolute atomic E-state index is 0.0808. The predicted molar refractivity (Wildman–Crippen MR) is 81.3 cm³/mol. The van der Waals surface area contributed by atoms with Gasteiger partial charge in [-0.1, -0.05) is 24.3 Å². The van der Waals surface area contributed by atoms with Gasteiger partial charge in [0.1, 0.15) is 12.4 Å². The molecule has 2 rings (SSSR count). The normalized spacial score (nSPS) is 11.9. The summed E-state index contributed by atoms with van der Waals surface area (Å²) < 4.78 is 5.69. The molecule has 1 unspecified atom stereocenters. The topological polar surface area (TPSA) is 64.4 Å². The molecule has 21 heavy (non-hydrogen) atoms. The van der Waals surface area contributed by atoms with E-state index in [9.17, 15) is 10.1 Å². The highest BCUT2D eigenvalue weighted by Gasteiger charge is 2.12. The quantitative estimate of drug-likeness (QED) is 0.652. The van der Waals surface area contributed by atoms with E-state index in [-0.39, 0.29) is 18.3 Å². The number of hydrogen-bond acceptors (Lipinski definition) is 4. The number of nitrogens with one attached hydrogen (secondary N) is 1. The number of para-hydroxylation sites is 1. The molecule has 0 aromatic heterocycles. The van der Waals surface area contributed by atoms with Crippen molar-refractivity contribution in [1.82, 2.24) is 5.32 Å². The van der Waals surface area contributed by atoms with Crippen LogP contribution in [0.4, 0.5) is 5.69 Å². The Kier molecular flexibility index (Phi) is 4.90. The molecule has 0 aliphatic heterocycles. The Morgan fingerprint density at radius 2 is 2.00 bits per heavy atom. The van der Waals surface area contributed by atoms with Crippen LogP contribution in [0.25, 0.3) is 0 Å². The van der Waals surface area contributed by atoms with Crippen molar-refractivity contribution in [1.29, 1.82) is 0 Å². The van der Waals surface area contributed by atoms with Crippen LogP contribution in [0.1, 0.15) is 24.1 Å². The fourth-order valence-electron chi connectivity index (χ4n) is 2.01. The maximum Gasteiger partial charge on any atom is 0.276 e. The zero-order valence-corrected chi connectivity index (χ0v) is 12.1. The first-order valence-corrected chi connectivity index (χ1v) is 6.74. The summed E-state index contributed by atoms with van der Waals surface area (Å²) in [6.45, 7) is 2.23. The molecule has 1 N–H and O–H groups in total. The molecule has 0 bridgehead atoms. The first-order valence-electron chi connectivity index (χ1n) is 6.74. The summed E-state index contributed by atoms with van der Waals surface area (Å²) in [5, 5.41) is 14.1. The molecule has 5 nitrogen and oxygen atoms in total. The summed E-state index contributed by atoms with van der Waals surface area (Å²) in [7, 11) is 1.89. The van der Waals surface area contributed by atoms with Crippen LogP contribution in [0.3, 0.4) is 0 Å². The van der Waals surface area contributed by atoms with Crippen molar-refractivity contribution >= 4 is 5.69 Å². The molecular formula is C16H18N2O3. The molecular weight excluding hydrogens is 268 g/mol. The van der Waals surface area contributed by atoms with E-state index in [1.54, 1.807) is 18.2 Å². The maximum absolute atomic E-state index is 11.0. The summed E-state index contributed by atoms with van der Waals surface area (Å²) in [5.74, 6) is 0.702. The maximum atomic E-state index is 11.0. The smallest absolute Gasteiger partial charge is 0.276 e. The molecule has 2 aromatic carbocycles. The standard InChI is InChI=1S/C16H18N2O3/c1-12(17-2)13-7-5-8-15(10-13)21-11-14-6-3-4-9-16(14)18(19)20/h3-10,12,17H,11H2,1-2H3. The Labute approximate surface area is 123 Å². The third kappa shape index (κ3) is 3.79. The molecule has 0 amide bonds. The van der Waals surface area contributed by atoms with Gasteiger partial charge in [-0.15, -0.1) is 0 Å². The number of nitro benzene ring substituents is 1. The fraction of sp³-hybridized carbons (Fsp3) is 0.250. The minimum Gasteiger partial charge on any atom is -0.489 e. The first kappa shape index (κ1) is 15.0. The van der Waals surface area contributed by atoms with E-state index in [1.807, 2.05) is 31.3 Å². The van der Waals surface area contributed by atoms with Gasteiger partial charge in [-0.2, -0.15) is 0 Å². The van der Waals surface area contributed by atoms with Gasteiger partial charge in [0.15, 0.2) is 0 Å². The van der Waals surface area contributed by atoms with Crippen LogP contribution in [0.2, 0.25) is 0 Å². The lowest BCUT2D eigenvalue weighted by Crippen LogP contribution is -2.12. The third-order valence-electron chi connectivity index (χ3n) is 3.37. The summed E-state index contributed by atoms with van der Waals surface area (Å²) in [5.41, 5.74) is 1.75. The van der Waals surface area contributed by atoms with Crippen LogP contribution in [0.5, 0.6) is 5.75 Å². The highest BCUT2D eigenvalue weighted by atomic mass is 16.6. The van der Waals surface area contributed by atoms with Crippen LogP contribution < -0.4 is 10.1 Å². The lowest BCUT2D eigenvalue weighted by molar-refractivity contribution is -0.385. The van der Waals surface area contributed by atoms with Crippen LogP contribution in [-0.4, -0.2) is 12.0 Å². The van der Waals surface area contributed by atoms with E-state index in [1.165, 1.54) is 6.07 Å². The number of benzene rings is 2. The molecule has 0 aliphatic carbocycles. The molecule has 5 heteroatoms. The Morgan fingerprint density at radius 1 is 1.24 bits per heavy atom. The van der Waals surface area contributed by atoms with Gasteiger partial charge in [-0.05, 0) is 37.7 Å². The molecule has 110 valence electrons. The Balaban J connectivity index is 2.12. The van der Waals surface area contributed by atoms with Gasteiger partial charge in [-0.3, -0.25) is 10.1 Å². The molecule has 1 atom stereocenters. The van der Waals surface area contributed by atoms with Gasteiger partial charge in [-0.25, -0.2) is 0 Å². The third-order valence-corrected chi connectivity index (χ3v) is 3.37. The number of ether oxygens (including phenoxy) is 1. The highest BCUT2D eigenvalue weighted by molar-refractivity contribution is 5.40. The van der Waals surface area contributed by atoms with E-state index in [0.29, 0.717) is 11.3 Å². The average molecular weight is 286 g/mol. The van der Waals surface area contributed by atoms with Gasteiger partial charge in [0.05, 0.1) is 10.5 Å². The predicted octanol–water partition coefficient (Wildman–Crippen LogP) is 3.45. The second-order valence-corrected chi connectivity index (χ2v) is 4.76. The van der Waals surface area contributed by atoms with Crippen LogP contribution in [0, 0.1) is 10.1 Å². The van der Waals surface area contributed by atoms with Gasteiger partial charge in [0.2, 0.25) is 0 Å². The summed E-state index contributed by atoms with van der Waals surface area (Å²) in [4.78, 5) is 10.6. The molecule has 0 radical (unpaired) electrons. The van der Waals surface area contributed by atoms with Crippen molar-refractivity contribution in [2.24, 2.45) is 0 Å². The molecule has 0 saturated heterocycles. The number of rotatable bonds is 6. The van der Waals surface area contributed by atoms with Crippen molar-refractivity contribution in [3.05, 3.63) is 69.8 Å². The highest BCUT2D eigenvalue weighted by Crippen LogP contribution is 2.22. The first-order chi connectivity index (χ1) is 10.1. The zero-order chi connectivity index (χ0) is 15.2. The average Bonchev–Trinajstić information content (AvgIpc) is 2.52. The molecule has 0 saturated carbocycles. The van der Waals surface area contributed by atoms with Crippen LogP contribution in [0.15, 0.2) is 48.5 Å².